The molecule has 1 heterocycles. The Morgan fingerprint density at radius 1 is 1.00 bits per heavy atom. The Morgan fingerprint density at radius 3 is 2.31 bits per heavy atom. The minimum absolute atomic E-state index is 0.163. The van der Waals surface area contributed by atoms with Crippen molar-refractivity contribution in [1.29, 1.82) is 0 Å². The van der Waals surface area contributed by atoms with Gasteiger partial charge >= 0.3 is 11.9 Å². The summed E-state index contributed by atoms with van der Waals surface area (Å²) in [5.41, 5.74) is -3.74. The molecule has 6 fully saturated rings. The Hall–Kier alpha value is -2.12. The number of carbonyl (C=O) groups excluding carboxylic acids is 2. The molecule has 14 atom stereocenters. The zero-order valence-corrected chi connectivity index (χ0v) is 27.0. The van der Waals surface area contributed by atoms with Gasteiger partial charge in [-0.05, 0) is 31.0 Å². The van der Waals surface area contributed by atoms with Crippen LogP contribution in [0.1, 0.15) is 43.5 Å². The van der Waals surface area contributed by atoms with Crippen LogP contribution in [0.4, 0.5) is 0 Å². The summed E-state index contributed by atoms with van der Waals surface area (Å²) in [6, 6.07) is 8.56. The molecule has 5 aliphatic carbocycles. The fraction of sp³-hybridized carbons (Fsp3) is 0.765. The Balaban J connectivity index is 1.50. The second-order valence-corrected chi connectivity index (χ2v) is 14.4. The average Bonchev–Trinajstić information content (AvgIpc) is 3.40. The van der Waals surface area contributed by atoms with Gasteiger partial charge in [-0.15, -0.1) is 0 Å². The number of rotatable bonds is 9. The van der Waals surface area contributed by atoms with Crippen molar-refractivity contribution in [1.82, 2.24) is 4.90 Å². The molecule has 1 aromatic rings. The topological polar surface area (TPSA) is 133 Å². The van der Waals surface area contributed by atoms with E-state index in [4.69, 9.17) is 28.4 Å². The first-order valence-electron chi connectivity index (χ1n) is 16.2. The Bertz CT molecular complexity index is 1330. The number of hydrogen-bond donors (Lipinski definition) is 2. The number of esters is 2. The van der Waals surface area contributed by atoms with Crippen LogP contribution in [0.25, 0.3) is 0 Å². The molecule has 11 nitrogen and oxygen atoms in total. The second-order valence-electron chi connectivity index (χ2n) is 14.4. The molecular formula is C34H47NO10. The van der Waals surface area contributed by atoms with Crippen LogP contribution < -0.4 is 0 Å². The number of piperidine rings is 1. The Kier molecular flexibility index (Phi) is 7.48. The molecule has 2 N–H and O–H groups in total. The molecule has 0 aromatic heterocycles. The molecule has 6 aliphatic rings. The number of aliphatic hydroxyl groups excluding tert-OH is 1. The second kappa shape index (κ2) is 10.7. The number of aliphatic hydroxyl groups is 2. The van der Waals surface area contributed by atoms with Crippen LogP contribution in [0.2, 0.25) is 0 Å². The zero-order valence-electron chi connectivity index (χ0n) is 27.0. The van der Waals surface area contributed by atoms with Gasteiger partial charge in [0.2, 0.25) is 0 Å². The quantitative estimate of drug-likeness (QED) is 0.387. The maximum atomic E-state index is 13.7. The van der Waals surface area contributed by atoms with Gasteiger partial charge in [0, 0.05) is 89.4 Å². The number of methoxy groups -OCH3 is 4. The van der Waals surface area contributed by atoms with E-state index in [1.807, 2.05) is 6.07 Å². The normalized spacial score (nSPS) is 49.1. The average molecular weight is 630 g/mol. The molecule has 0 amide bonds. The number of carbonyl (C=O) groups is 2. The van der Waals surface area contributed by atoms with Gasteiger partial charge in [0.05, 0.1) is 36.6 Å². The molecule has 248 valence electrons. The third-order valence-electron chi connectivity index (χ3n) is 13.1. The van der Waals surface area contributed by atoms with E-state index in [1.54, 1.807) is 52.7 Å². The summed E-state index contributed by atoms with van der Waals surface area (Å²) in [5.74, 6) is -2.55. The van der Waals surface area contributed by atoms with Crippen LogP contribution >= 0.6 is 0 Å². The summed E-state index contributed by atoms with van der Waals surface area (Å²) in [6.45, 7) is 5.08. The maximum absolute atomic E-state index is 13.7. The standard InChI is InChI=1S/C34H47NO10/c1-7-35-16-31(17-40-3)21(37)13-22(41-4)34-20-14-32(39)23(42-5)15-33(45-18(2)36,25(28(34)35)26(43-6)27(31)34)24(20)29(32)44-30(38)19-11-9-8-10-12-19/h8-12,20-29,37,39H,7,13-17H2,1-6H3/t20-,21-,22+,23+,24-,25-,26+,27-,28?,29-,31+,32+,33-,34+/m1/s1. The largest absolute Gasteiger partial charge is 0.458 e. The lowest BCUT2D eigenvalue weighted by molar-refractivity contribution is -0.300. The molecule has 1 spiro atoms. The number of nitrogens with zero attached hydrogens (tertiary/aromatic N) is 1. The predicted octanol–water partition coefficient (Wildman–Crippen LogP) is 1.68. The van der Waals surface area contributed by atoms with E-state index in [0.29, 0.717) is 31.7 Å². The van der Waals surface area contributed by atoms with Crippen molar-refractivity contribution in [3.8, 4) is 0 Å². The van der Waals surface area contributed by atoms with Gasteiger partial charge in [0.1, 0.15) is 17.3 Å². The fourth-order valence-electron chi connectivity index (χ4n) is 12.2. The van der Waals surface area contributed by atoms with Gasteiger partial charge in [-0.25, -0.2) is 4.79 Å². The SMILES string of the molecule is CCN1C[C@]2(COC)[C@H](O)C[C@H](OC)[C@]34C1[C@@H]([C@H](OC)[C@H]23)[C@@]1(OC(C)=O)C[C@H](OC)[C@@]2(O)C[C@@H]4[C@@H]1[C@H]2OC(=O)c1ccccc1. The highest BCUT2D eigenvalue weighted by molar-refractivity contribution is 5.89. The van der Waals surface area contributed by atoms with Crippen LogP contribution in [0, 0.1) is 34.5 Å². The lowest BCUT2D eigenvalue weighted by atomic mass is 9.42. The smallest absolute Gasteiger partial charge is 0.338 e. The van der Waals surface area contributed by atoms with E-state index in [2.05, 4.69) is 11.8 Å². The van der Waals surface area contributed by atoms with Gasteiger partial charge < -0.3 is 38.6 Å². The summed E-state index contributed by atoms with van der Waals surface area (Å²) < 4.78 is 37.9. The van der Waals surface area contributed by atoms with E-state index in [0.717, 1.165) is 0 Å². The minimum atomic E-state index is -1.55. The molecular weight excluding hydrogens is 582 g/mol. The van der Waals surface area contributed by atoms with Gasteiger partial charge in [-0.1, -0.05) is 25.1 Å². The first-order chi connectivity index (χ1) is 21.5. The third kappa shape index (κ3) is 3.72. The lowest BCUT2D eigenvalue weighted by Crippen LogP contribution is -2.79. The highest BCUT2D eigenvalue weighted by Crippen LogP contribution is 2.80. The van der Waals surface area contributed by atoms with Crippen molar-refractivity contribution in [2.24, 2.45) is 34.5 Å². The molecule has 1 saturated heterocycles. The molecule has 1 unspecified atom stereocenters. The predicted molar refractivity (Wildman–Crippen MR) is 159 cm³/mol. The monoisotopic (exact) mass is 629 g/mol. The van der Waals surface area contributed by atoms with Crippen LogP contribution in [0.5, 0.6) is 0 Å². The maximum Gasteiger partial charge on any atom is 0.338 e. The molecule has 1 aliphatic heterocycles. The van der Waals surface area contributed by atoms with Crippen LogP contribution in [-0.4, -0.2) is 123 Å². The number of fused-ring (bicyclic) bond motifs is 2. The van der Waals surface area contributed by atoms with Crippen LogP contribution in [-0.2, 0) is 33.2 Å². The zero-order chi connectivity index (χ0) is 32.1. The first kappa shape index (κ1) is 31.5. The van der Waals surface area contributed by atoms with Gasteiger partial charge in [-0.2, -0.15) is 0 Å². The summed E-state index contributed by atoms with van der Waals surface area (Å²) >= 11 is 0. The van der Waals surface area contributed by atoms with Crippen molar-refractivity contribution in [3.05, 3.63) is 35.9 Å². The summed E-state index contributed by atoms with van der Waals surface area (Å²) in [5, 5.41) is 24.8. The van der Waals surface area contributed by atoms with Crippen LogP contribution in [0.15, 0.2) is 30.3 Å². The van der Waals surface area contributed by atoms with Gasteiger partial charge in [-0.3, -0.25) is 9.69 Å². The van der Waals surface area contributed by atoms with E-state index in [1.165, 1.54) is 6.92 Å². The van der Waals surface area contributed by atoms with Crippen molar-refractivity contribution < 1.29 is 48.2 Å². The molecule has 5 saturated carbocycles. The van der Waals surface area contributed by atoms with Crippen molar-refractivity contribution in [2.45, 2.75) is 80.9 Å². The highest BCUT2D eigenvalue weighted by Gasteiger charge is 2.90. The highest BCUT2D eigenvalue weighted by atomic mass is 16.6. The van der Waals surface area contributed by atoms with Gasteiger partial charge in [0.15, 0.2) is 0 Å². The van der Waals surface area contributed by atoms with E-state index in [-0.39, 0.29) is 30.7 Å². The van der Waals surface area contributed by atoms with E-state index in [9.17, 15) is 19.8 Å². The lowest BCUT2D eigenvalue weighted by Gasteiger charge is -2.70. The van der Waals surface area contributed by atoms with E-state index >= 15 is 0 Å². The third-order valence-corrected chi connectivity index (χ3v) is 13.1. The van der Waals surface area contributed by atoms with Crippen molar-refractivity contribution in [2.75, 3.05) is 48.1 Å². The fourth-order valence-corrected chi connectivity index (χ4v) is 12.2. The summed E-state index contributed by atoms with van der Waals surface area (Å²) in [4.78, 5) is 29.3. The minimum Gasteiger partial charge on any atom is -0.458 e. The van der Waals surface area contributed by atoms with Crippen molar-refractivity contribution in [3.63, 3.8) is 0 Å². The molecule has 45 heavy (non-hydrogen) atoms. The molecule has 0 radical (unpaired) electrons. The Labute approximate surface area is 264 Å². The van der Waals surface area contributed by atoms with Gasteiger partial charge in [0.25, 0.3) is 0 Å². The van der Waals surface area contributed by atoms with E-state index < -0.39 is 76.3 Å². The van der Waals surface area contributed by atoms with Crippen LogP contribution in [0.3, 0.4) is 0 Å². The summed E-state index contributed by atoms with van der Waals surface area (Å²) in [7, 11) is 6.58. The molecule has 11 heteroatoms. The number of ether oxygens (including phenoxy) is 6. The molecule has 7 bridgehead atoms. The number of likely N-dealkylation sites (tertiary alicyclic amines) is 1. The van der Waals surface area contributed by atoms with Crippen molar-refractivity contribution >= 4 is 11.9 Å². The number of benzene rings is 1. The summed E-state index contributed by atoms with van der Waals surface area (Å²) in [6.07, 6.45) is -2.55. The first-order valence-corrected chi connectivity index (χ1v) is 16.2. The number of hydrogen-bond acceptors (Lipinski definition) is 11. The molecule has 1 aromatic carbocycles. The Morgan fingerprint density at radius 2 is 1.71 bits per heavy atom. The molecule has 7 rings (SSSR count).